The first-order chi connectivity index (χ1) is 9.13. The third-order valence-electron chi connectivity index (χ3n) is 2.99. The maximum atomic E-state index is 11.3. The molecule has 0 aromatic heterocycles. The molecule has 1 fully saturated rings. The van der Waals surface area contributed by atoms with E-state index in [2.05, 4.69) is 17.2 Å². The fourth-order valence-corrected chi connectivity index (χ4v) is 2.02. The van der Waals surface area contributed by atoms with E-state index in [4.69, 9.17) is 4.74 Å². The summed E-state index contributed by atoms with van der Waals surface area (Å²) < 4.78 is 5.19. The van der Waals surface area contributed by atoms with Crippen LogP contribution in [0.2, 0.25) is 0 Å². The zero-order valence-corrected chi connectivity index (χ0v) is 11.6. The fourth-order valence-electron chi connectivity index (χ4n) is 2.02. The van der Waals surface area contributed by atoms with Crippen molar-refractivity contribution < 1.29 is 14.6 Å². The van der Waals surface area contributed by atoms with Crippen molar-refractivity contribution in [2.45, 2.75) is 25.5 Å². The van der Waals surface area contributed by atoms with Crippen molar-refractivity contribution in [2.24, 2.45) is 0 Å². The third kappa shape index (κ3) is 6.56. The predicted octanol–water partition coefficient (Wildman–Crippen LogP) is -0.0567. The van der Waals surface area contributed by atoms with Crippen LogP contribution in [0.15, 0.2) is 12.7 Å². The predicted molar refractivity (Wildman–Crippen MR) is 74.1 cm³/mol. The van der Waals surface area contributed by atoms with Gasteiger partial charge in [-0.15, -0.1) is 6.58 Å². The van der Waals surface area contributed by atoms with E-state index in [1.165, 1.54) is 0 Å². The molecule has 19 heavy (non-hydrogen) atoms. The Hall–Kier alpha value is -1.11. The van der Waals surface area contributed by atoms with Crippen molar-refractivity contribution in [3.8, 4) is 0 Å². The molecule has 1 aliphatic heterocycles. The number of aliphatic hydroxyl groups excluding tert-OH is 1. The molecule has 1 aliphatic rings. The van der Waals surface area contributed by atoms with Crippen molar-refractivity contribution in [2.75, 3.05) is 39.4 Å². The van der Waals surface area contributed by atoms with E-state index in [1.807, 2.05) is 6.92 Å². The monoisotopic (exact) mass is 271 g/mol. The first-order valence-electron chi connectivity index (χ1n) is 6.76. The average Bonchev–Trinajstić information content (AvgIpc) is 2.75. The highest BCUT2D eigenvalue weighted by atomic mass is 16.5. The molecular formula is C13H25N3O3. The van der Waals surface area contributed by atoms with Gasteiger partial charge in [0.15, 0.2) is 0 Å². The van der Waals surface area contributed by atoms with Gasteiger partial charge in [-0.05, 0) is 13.3 Å². The highest BCUT2D eigenvalue weighted by Crippen LogP contribution is 2.00. The number of aliphatic hydroxyl groups is 1. The van der Waals surface area contributed by atoms with Crippen LogP contribution in [0.3, 0.4) is 0 Å². The smallest absolute Gasteiger partial charge is 0.317 e. The molecule has 0 saturated carbocycles. The van der Waals surface area contributed by atoms with Gasteiger partial charge in [0, 0.05) is 32.2 Å². The van der Waals surface area contributed by atoms with Gasteiger partial charge in [0.25, 0.3) is 0 Å². The van der Waals surface area contributed by atoms with E-state index < -0.39 is 6.10 Å². The van der Waals surface area contributed by atoms with E-state index in [1.54, 1.807) is 11.0 Å². The fraction of sp³-hybridized carbons (Fsp3) is 0.769. The van der Waals surface area contributed by atoms with E-state index >= 15 is 0 Å². The van der Waals surface area contributed by atoms with Crippen molar-refractivity contribution in [3.05, 3.63) is 12.7 Å². The number of ether oxygens (including phenoxy) is 1. The summed E-state index contributed by atoms with van der Waals surface area (Å²) in [4.78, 5) is 13.1. The highest BCUT2D eigenvalue weighted by Gasteiger charge is 2.18. The van der Waals surface area contributed by atoms with Gasteiger partial charge in [0.1, 0.15) is 0 Å². The molecule has 0 spiro atoms. The zero-order valence-electron chi connectivity index (χ0n) is 11.6. The number of carbonyl (C=O) groups excluding carboxylic acids is 1. The molecule has 0 aromatic rings. The lowest BCUT2D eigenvalue weighted by atomic mass is 10.1. The number of urea groups is 1. The molecule has 0 radical (unpaired) electrons. The van der Waals surface area contributed by atoms with Gasteiger partial charge in [-0.1, -0.05) is 6.08 Å². The van der Waals surface area contributed by atoms with Crippen molar-refractivity contribution in [1.82, 2.24) is 15.5 Å². The van der Waals surface area contributed by atoms with E-state index in [9.17, 15) is 9.90 Å². The van der Waals surface area contributed by atoms with Crippen LogP contribution >= 0.6 is 0 Å². The summed E-state index contributed by atoms with van der Waals surface area (Å²) >= 11 is 0. The summed E-state index contributed by atoms with van der Waals surface area (Å²) in [7, 11) is 0. The van der Waals surface area contributed by atoms with Crippen LogP contribution in [0.5, 0.6) is 0 Å². The molecule has 3 N–H and O–H groups in total. The van der Waals surface area contributed by atoms with Crippen molar-refractivity contribution >= 4 is 6.03 Å². The lowest BCUT2D eigenvalue weighted by Crippen LogP contribution is -2.39. The minimum absolute atomic E-state index is 0.00677. The van der Waals surface area contributed by atoms with Gasteiger partial charge in [-0.3, -0.25) is 0 Å². The number of amides is 2. The molecule has 1 heterocycles. The molecule has 2 unspecified atom stereocenters. The van der Waals surface area contributed by atoms with Gasteiger partial charge in [0.2, 0.25) is 0 Å². The second-order valence-corrected chi connectivity index (χ2v) is 4.79. The molecule has 1 saturated heterocycles. The number of nitrogens with zero attached hydrogens (tertiary/aromatic N) is 1. The van der Waals surface area contributed by atoms with Gasteiger partial charge in [-0.25, -0.2) is 4.79 Å². The summed E-state index contributed by atoms with van der Waals surface area (Å²) in [5.74, 6) is 0. The van der Waals surface area contributed by atoms with Gasteiger partial charge >= 0.3 is 6.03 Å². The van der Waals surface area contributed by atoms with Gasteiger partial charge in [-0.2, -0.15) is 0 Å². The Bertz CT molecular complexity index is 286. The van der Waals surface area contributed by atoms with E-state index in [0.717, 1.165) is 19.6 Å². The summed E-state index contributed by atoms with van der Waals surface area (Å²) in [6.07, 6.45) is 1.82. The number of rotatable bonds is 10. The quantitative estimate of drug-likeness (QED) is 0.384. The van der Waals surface area contributed by atoms with Crippen molar-refractivity contribution in [3.63, 3.8) is 0 Å². The third-order valence-corrected chi connectivity index (χ3v) is 2.99. The largest absolute Gasteiger partial charge is 0.391 e. The molecule has 110 valence electrons. The second kappa shape index (κ2) is 8.90. The Kier molecular flexibility index (Phi) is 7.47. The Morgan fingerprint density at radius 3 is 3.11 bits per heavy atom. The topological polar surface area (TPSA) is 73.8 Å². The van der Waals surface area contributed by atoms with Gasteiger partial charge in [0.05, 0.1) is 19.3 Å². The molecule has 0 aromatic carbocycles. The van der Waals surface area contributed by atoms with Crippen LogP contribution in [-0.4, -0.2) is 67.6 Å². The van der Waals surface area contributed by atoms with E-state index in [0.29, 0.717) is 26.2 Å². The molecule has 6 nitrogen and oxygen atoms in total. The highest BCUT2D eigenvalue weighted by molar-refractivity contribution is 5.76. The Labute approximate surface area is 114 Å². The van der Waals surface area contributed by atoms with E-state index in [-0.39, 0.29) is 12.1 Å². The molecular weight excluding hydrogens is 246 g/mol. The summed E-state index contributed by atoms with van der Waals surface area (Å²) in [5.41, 5.74) is 0. The average molecular weight is 271 g/mol. The summed E-state index contributed by atoms with van der Waals surface area (Å²) in [6, 6.07) is 0.195. The molecule has 2 atom stereocenters. The van der Waals surface area contributed by atoms with Crippen LogP contribution < -0.4 is 10.6 Å². The maximum absolute atomic E-state index is 11.3. The standard InChI is InChI=1S/C13H25N3O3/c1-3-8-19-10-12(17)9-11(2)14-4-6-16-7-5-15-13(16)18/h3,11-12,14,17H,1,4-10H2,2H3,(H,15,18). The minimum atomic E-state index is -0.475. The van der Waals surface area contributed by atoms with Gasteiger partial charge < -0.3 is 25.4 Å². The number of carbonyl (C=O) groups is 1. The molecule has 2 amide bonds. The van der Waals surface area contributed by atoms with Crippen LogP contribution in [0.4, 0.5) is 4.79 Å². The molecule has 6 heteroatoms. The molecule has 0 bridgehead atoms. The number of hydrogen-bond donors (Lipinski definition) is 3. The first kappa shape index (κ1) is 15.9. The second-order valence-electron chi connectivity index (χ2n) is 4.79. The summed E-state index contributed by atoms with van der Waals surface area (Å²) in [5, 5.41) is 15.8. The lowest BCUT2D eigenvalue weighted by Gasteiger charge is -2.20. The molecule has 1 rings (SSSR count). The van der Waals surface area contributed by atoms with Crippen LogP contribution in [0, 0.1) is 0 Å². The van der Waals surface area contributed by atoms with Crippen molar-refractivity contribution in [1.29, 1.82) is 0 Å². The Morgan fingerprint density at radius 2 is 2.47 bits per heavy atom. The van der Waals surface area contributed by atoms with Crippen LogP contribution in [0.25, 0.3) is 0 Å². The van der Waals surface area contributed by atoms with Crippen LogP contribution in [-0.2, 0) is 4.74 Å². The maximum Gasteiger partial charge on any atom is 0.317 e. The first-order valence-corrected chi connectivity index (χ1v) is 6.76. The normalized spacial score (nSPS) is 18.2. The SMILES string of the molecule is C=CCOCC(O)CC(C)NCCN1CCNC1=O. The Balaban J connectivity index is 2.05. The number of nitrogens with one attached hydrogen (secondary N) is 2. The van der Waals surface area contributed by atoms with Crippen LogP contribution in [0.1, 0.15) is 13.3 Å². The Morgan fingerprint density at radius 1 is 1.68 bits per heavy atom. The number of hydrogen-bond acceptors (Lipinski definition) is 4. The minimum Gasteiger partial charge on any atom is -0.391 e. The zero-order chi connectivity index (χ0) is 14.1. The lowest BCUT2D eigenvalue weighted by molar-refractivity contribution is 0.0396. The molecule has 0 aliphatic carbocycles. The summed E-state index contributed by atoms with van der Waals surface area (Å²) in [6.45, 7) is 9.27.